The Hall–Kier alpha value is -1.14. The van der Waals surface area contributed by atoms with Crippen molar-refractivity contribution in [2.75, 3.05) is 5.73 Å². The third-order valence-electron chi connectivity index (χ3n) is 2.45. The maximum absolute atomic E-state index is 13.1. The Morgan fingerprint density at radius 1 is 1.28 bits per heavy atom. The van der Waals surface area contributed by atoms with Gasteiger partial charge in [-0.2, -0.15) is 0 Å². The van der Waals surface area contributed by atoms with E-state index in [9.17, 15) is 9.18 Å². The fraction of sp³-hybridized carbons (Fsp3) is 0.0833. The van der Waals surface area contributed by atoms with E-state index in [1.165, 1.54) is 22.8 Å². The summed E-state index contributed by atoms with van der Waals surface area (Å²) in [6.45, 7) is 0.223. The Balaban J connectivity index is 2.46. The van der Waals surface area contributed by atoms with Crippen molar-refractivity contribution in [1.29, 1.82) is 0 Å². The second-order valence-corrected chi connectivity index (χ2v) is 5.55. The third kappa shape index (κ3) is 2.81. The normalized spacial score (nSPS) is 10.6. The summed E-state index contributed by atoms with van der Waals surface area (Å²) in [6, 6.07) is 5.77. The number of pyridine rings is 1. The highest BCUT2D eigenvalue weighted by Gasteiger charge is 2.07. The lowest BCUT2D eigenvalue weighted by molar-refractivity contribution is 0.623. The van der Waals surface area contributed by atoms with Crippen molar-refractivity contribution in [3.63, 3.8) is 0 Å². The van der Waals surface area contributed by atoms with Crippen molar-refractivity contribution < 1.29 is 4.39 Å². The maximum atomic E-state index is 13.1. The van der Waals surface area contributed by atoms with Crippen LogP contribution in [-0.2, 0) is 6.54 Å². The third-order valence-corrected chi connectivity index (χ3v) is 3.46. The van der Waals surface area contributed by atoms with Crippen LogP contribution in [0, 0.1) is 5.82 Å². The molecule has 0 saturated heterocycles. The summed E-state index contributed by atoms with van der Waals surface area (Å²) in [6.07, 6.45) is 1.64. The molecule has 0 spiro atoms. The molecular formula is C12H9Br2FN2O. The van der Waals surface area contributed by atoms with Crippen molar-refractivity contribution in [3.8, 4) is 0 Å². The number of hydrogen-bond acceptors (Lipinski definition) is 2. The Morgan fingerprint density at radius 3 is 2.72 bits per heavy atom. The van der Waals surface area contributed by atoms with Gasteiger partial charge in [0.1, 0.15) is 5.82 Å². The average molecular weight is 376 g/mol. The molecule has 0 fully saturated rings. The molecule has 0 atom stereocenters. The number of rotatable bonds is 2. The van der Waals surface area contributed by atoms with Crippen LogP contribution in [0.3, 0.4) is 0 Å². The molecule has 1 aromatic carbocycles. The Kier molecular flexibility index (Phi) is 3.87. The van der Waals surface area contributed by atoms with Gasteiger partial charge in [0.05, 0.1) is 11.0 Å². The van der Waals surface area contributed by atoms with Gasteiger partial charge in [-0.15, -0.1) is 0 Å². The Labute approximate surface area is 120 Å². The quantitative estimate of drug-likeness (QED) is 0.819. The molecule has 0 radical (unpaired) electrons. The second kappa shape index (κ2) is 5.24. The van der Waals surface area contributed by atoms with Crippen LogP contribution in [0.15, 0.2) is 44.2 Å². The molecular weight excluding hydrogens is 367 g/mol. The first-order valence-electron chi connectivity index (χ1n) is 5.07. The lowest BCUT2D eigenvalue weighted by atomic mass is 10.1. The second-order valence-electron chi connectivity index (χ2n) is 3.78. The van der Waals surface area contributed by atoms with E-state index in [1.807, 2.05) is 0 Å². The van der Waals surface area contributed by atoms with E-state index in [0.29, 0.717) is 15.7 Å². The molecule has 0 aliphatic rings. The van der Waals surface area contributed by atoms with E-state index < -0.39 is 0 Å². The topological polar surface area (TPSA) is 48.0 Å². The first-order chi connectivity index (χ1) is 8.47. The van der Waals surface area contributed by atoms with Gasteiger partial charge in [-0.05, 0) is 61.7 Å². The SMILES string of the molecule is Nc1ccc(F)cc1Cn1cc(Br)cc(Br)c1=O. The van der Waals surface area contributed by atoms with Gasteiger partial charge in [0.25, 0.3) is 5.56 Å². The molecule has 6 heteroatoms. The lowest BCUT2D eigenvalue weighted by Gasteiger charge is -2.09. The van der Waals surface area contributed by atoms with Gasteiger partial charge in [-0.3, -0.25) is 4.79 Å². The molecule has 1 aromatic heterocycles. The summed E-state index contributed by atoms with van der Waals surface area (Å²) in [5.74, 6) is -0.374. The van der Waals surface area contributed by atoms with Crippen molar-refractivity contribution in [3.05, 3.63) is 61.1 Å². The molecule has 1 heterocycles. The van der Waals surface area contributed by atoms with Gasteiger partial charge < -0.3 is 10.3 Å². The molecule has 0 saturated carbocycles. The Morgan fingerprint density at radius 2 is 2.00 bits per heavy atom. The Bertz CT molecular complexity index is 655. The molecule has 0 bridgehead atoms. The minimum absolute atomic E-state index is 0.193. The summed E-state index contributed by atoms with van der Waals surface area (Å²) >= 11 is 6.47. The van der Waals surface area contributed by atoms with Crippen LogP contribution in [0.25, 0.3) is 0 Å². The van der Waals surface area contributed by atoms with Crippen LogP contribution in [0.5, 0.6) is 0 Å². The molecule has 0 unspecified atom stereocenters. The minimum Gasteiger partial charge on any atom is -0.398 e. The summed E-state index contributed by atoms with van der Waals surface area (Å²) < 4.78 is 15.8. The summed E-state index contributed by atoms with van der Waals surface area (Å²) in [4.78, 5) is 11.9. The van der Waals surface area contributed by atoms with Crippen LogP contribution in [0.4, 0.5) is 10.1 Å². The van der Waals surface area contributed by atoms with E-state index in [1.54, 1.807) is 12.3 Å². The maximum Gasteiger partial charge on any atom is 0.265 e. The molecule has 18 heavy (non-hydrogen) atoms. The summed E-state index contributed by atoms with van der Waals surface area (Å²) in [7, 11) is 0. The molecule has 2 aromatic rings. The smallest absolute Gasteiger partial charge is 0.265 e. The summed E-state index contributed by atoms with van der Waals surface area (Å²) in [5, 5.41) is 0. The van der Waals surface area contributed by atoms with Crippen LogP contribution in [-0.4, -0.2) is 4.57 Å². The van der Waals surface area contributed by atoms with Crippen molar-refractivity contribution in [2.45, 2.75) is 6.54 Å². The number of nitrogens with two attached hydrogens (primary N) is 1. The van der Waals surface area contributed by atoms with E-state index in [-0.39, 0.29) is 17.9 Å². The summed E-state index contributed by atoms with van der Waals surface area (Å²) in [5.41, 5.74) is 6.59. The highest BCUT2D eigenvalue weighted by atomic mass is 79.9. The van der Waals surface area contributed by atoms with Gasteiger partial charge in [0, 0.05) is 16.4 Å². The zero-order valence-corrected chi connectivity index (χ0v) is 12.3. The number of hydrogen-bond donors (Lipinski definition) is 1. The standard InChI is InChI=1S/C12H9Br2FN2O/c13-8-4-10(14)12(18)17(6-8)5-7-3-9(15)1-2-11(7)16/h1-4,6H,5,16H2. The largest absolute Gasteiger partial charge is 0.398 e. The molecule has 0 amide bonds. The molecule has 3 nitrogen and oxygen atoms in total. The van der Waals surface area contributed by atoms with Crippen LogP contribution in [0.2, 0.25) is 0 Å². The van der Waals surface area contributed by atoms with E-state index in [0.717, 1.165) is 4.47 Å². The van der Waals surface area contributed by atoms with E-state index in [2.05, 4.69) is 31.9 Å². The van der Waals surface area contributed by atoms with Gasteiger partial charge in [0.2, 0.25) is 0 Å². The number of anilines is 1. The van der Waals surface area contributed by atoms with Crippen molar-refractivity contribution >= 4 is 37.5 Å². The molecule has 2 rings (SSSR count). The number of benzene rings is 1. The predicted molar refractivity (Wildman–Crippen MR) is 76.0 cm³/mol. The van der Waals surface area contributed by atoms with Crippen LogP contribution >= 0.6 is 31.9 Å². The van der Waals surface area contributed by atoms with Crippen molar-refractivity contribution in [1.82, 2.24) is 4.57 Å². The average Bonchev–Trinajstić information content (AvgIpc) is 2.30. The first-order valence-corrected chi connectivity index (χ1v) is 6.65. The number of nitrogen functional groups attached to an aromatic ring is 1. The number of aromatic nitrogens is 1. The van der Waals surface area contributed by atoms with E-state index >= 15 is 0 Å². The monoisotopic (exact) mass is 374 g/mol. The minimum atomic E-state index is -0.374. The fourth-order valence-corrected chi connectivity index (χ4v) is 2.83. The number of halogens is 3. The molecule has 2 N–H and O–H groups in total. The highest BCUT2D eigenvalue weighted by Crippen LogP contribution is 2.17. The number of nitrogens with zero attached hydrogens (tertiary/aromatic N) is 1. The molecule has 0 aliphatic carbocycles. The van der Waals surface area contributed by atoms with Crippen LogP contribution in [0.1, 0.15) is 5.56 Å². The molecule has 94 valence electrons. The van der Waals surface area contributed by atoms with Crippen molar-refractivity contribution in [2.24, 2.45) is 0 Å². The highest BCUT2D eigenvalue weighted by molar-refractivity contribution is 9.11. The van der Waals surface area contributed by atoms with Gasteiger partial charge in [0.15, 0.2) is 0 Å². The first kappa shape index (κ1) is 13.3. The molecule has 0 aliphatic heterocycles. The van der Waals surface area contributed by atoms with Gasteiger partial charge >= 0.3 is 0 Å². The lowest BCUT2D eigenvalue weighted by Crippen LogP contribution is -2.21. The van der Waals surface area contributed by atoms with Gasteiger partial charge in [-0.1, -0.05) is 0 Å². The van der Waals surface area contributed by atoms with Crippen LogP contribution < -0.4 is 11.3 Å². The zero-order valence-electron chi connectivity index (χ0n) is 9.16. The fourth-order valence-electron chi connectivity index (χ4n) is 1.58. The predicted octanol–water partition coefficient (Wildman–Crippen LogP) is 3.14. The van der Waals surface area contributed by atoms with Gasteiger partial charge in [-0.25, -0.2) is 4.39 Å². The zero-order chi connectivity index (χ0) is 13.3. The van der Waals surface area contributed by atoms with E-state index in [4.69, 9.17) is 5.73 Å².